The van der Waals surface area contributed by atoms with Crippen molar-refractivity contribution >= 4 is 44.4 Å². The molecule has 1 unspecified atom stereocenters. The van der Waals surface area contributed by atoms with Crippen LogP contribution in [0.4, 0.5) is 5.82 Å². The minimum Gasteiger partial charge on any atom is -0.384 e. The molecule has 0 amide bonds. The fraction of sp³-hybridized carbons (Fsp3) is 0.100. The molecular formula is C20H16BrClN4O. The molecule has 7 heteroatoms. The molecule has 0 bridgehead atoms. The molecular weight excluding hydrogens is 428 g/mol. The predicted molar refractivity (Wildman–Crippen MR) is 111 cm³/mol. The van der Waals surface area contributed by atoms with Crippen molar-refractivity contribution in [3.63, 3.8) is 0 Å². The predicted octanol–water partition coefficient (Wildman–Crippen LogP) is 5.07. The number of aromatic amines is 1. The topological polar surface area (TPSA) is 73.8 Å². The van der Waals surface area contributed by atoms with Gasteiger partial charge >= 0.3 is 0 Å². The minimum atomic E-state index is -0.785. The first-order valence-electron chi connectivity index (χ1n) is 8.35. The van der Waals surface area contributed by atoms with Crippen molar-refractivity contribution in [2.75, 3.05) is 5.32 Å². The average Bonchev–Trinajstić information content (AvgIpc) is 3.10. The van der Waals surface area contributed by atoms with Crippen LogP contribution in [0.2, 0.25) is 5.02 Å². The van der Waals surface area contributed by atoms with Gasteiger partial charge in [0.15, 0.2) is 0 Å². The van der Waals surface area contributed by atoms with E-state index >= 15 is 0 Å². The zero-order valence-corrected chi connectivity index (χ0v) is 16.5. The van der Waals surface area contributed by atoms with Crippen LogP contribution in [0.25, 0.3) is 11.0 Å². The maximum Gasteiger partial charge on any atom is 0.137 e. The summed E-state index contributed by atoms with van der Waals surface area (Å²) in [6.45, 7) is 0.647. The Bertz CT molecular complexity index is 1060. The highest BCUT2D eigenvalue weighted by Crippen LogP contribution is 2.29. The molecule has 0 aliphatic heterocycles. The van der Waals surface area contributed by atoms with Crippen molar-refractivity contribution in [3.8, 4) is 0 Å². The van der Waals surface area contributed by atoms with Crippen molar-refractivity contribution in [1.82, 2.24) is 15.0 Å². The van der Waals surface area contributed by atoms with E-state index in [-0.39, 0.29) is 0 Å². The van der Waals surface area contributed by atoms with Gasteiger partial charge in [-0.15, -0.1) is 0 Å². The van der Waals surface area contributed by atoms with Gasteiger partial charge in [0.2, 0.25) is 0 Å². The second-order valence-electron chi connectivity index (χ2n) is 6.15. The number of aliphatic hydroxyl groups excluding tert-OH is 1. The Hall–Kier alpha value is -2.41. The highest BCUT2D eigenvalue weighted by Gasteiger charge is 2.16. The molecule has 0 aliphatic rings. The number of pyridine rings is 2. The summed E-state index contributed by atoms with van der Waals surface area (Å²) < 4.78 is 0.864. The number of anilines is 1. The third-order valence-electron chi connectivity index (χ3n) is 4.31. The number of hydrogen-bond donors (Lipinski definition) is 3. The highest BCUT2D eigenvalue weighted by atomic mass is 79.9. The molecule has 3 aromatic heterocycles. The first-order valence-corrected chi connectivity index (χ1v) is 9.52. The summed E-state index contributed by atoms with van der Waals surface area (Å²) in [5.41, 5.74) is 3.33. The summed E-state index contributed by atoms with van der Waals surface area (Å²) in [4.78, 5) is 11.8. The molecule has 0 saturated carbocycles. The van der Waals surface area contributed by atoms with Gasteiger partial charge in [0.25, 0.3) is 0 Å². The maximum atomic E-state index is 10.8. The lowest BCUT2D eigenvalue weighted by molar-refractivity contribution is 0.221. The molecule has 1 aromatic carbocycles. The lowest BCUT2D eigenvalue weighted by Crippen LogP contribution is -2.03. The first-order chi connectivity index (χ1) is 13.1. The number of rotatable bonds is 5. The largest absolute Gasteiger partial charge is 0.384 e. The van der Waals surface area contributed by atoms with Crippen LogP contribution in [-0.4, -0.2) is 20.1 Å². The maximum absolute atomic E-state index is 10.8. The summed E-state index contributed by atoms with van der Waals surface area (Å²) in [5.74, 6) is 0.740. The Morgan fingerprint density at radius 1 is 1.11 bits per heavy atom. The molecule has 0 fully saturated rings. The van der Waals surface area contributed by atoms with Gasteiger partial charge < -0.3 is 15.4 Å². The standard InChI is InChI=1S/C20H16BrClN4O/c21-14-7-16-17(11-26-20(16)25-10-14)19(27)13-3-6-18(24-9-13)23-8-12-1-4-15(22)5-2-12/h1-7,9-11,19,27H,8H2,(H,23,24)(H,25,26). The second-order valence-corrected chi connectivity index (χ2v) is 7.51. The van der Waals surface area contributed by atoms with Gasteiger partial charge in [-0.05, 0) is 45.8 Å². The van der Waals surface area contributed by atoms with Gasteiger partial charge in [-0.25, -0.2) is 9.97 Å². The summed E-state index contributed by atoms with van der Waals surface area (Å²) in [6, 6.07) is 13.3. The van der Waals surface area contributed by atoms with E-state index in [1.807, 2.05) is 42.5 Å². The van der Waals surface area contributed by atoms with E-state index in [1.54, 1.807) is 18.6 Å². The van der Waals surface area contributed by atoms with Crippen molar-refractivity contribution in [2.45, 2.75) is 12.6 Å². The molecule has 3 N–H and O–H groups in total. The van der Waals surface area contributed by atoms with Crippen LogP contribution in [0.15, 0.2) is 65.5 Å². The number of hydrogen-bond acceptors (Lipinski definition) is 4. The molecule has 5 nitrogen and oxygen atoms in total. The van der Waals surface area contributed by atoms with E-state index in [1.165, 1.54) is 0 Å². The number of fused-ring (bicyclic) bond motifs is 1. The van der Waals surface area contributed by atoms with Gasteiger partial charge in [-0.1, -0.05) is 29.8 Å². The van der Waals surface area contributed by atoms with Crippen molar-refractivity contribution in [1.29, 1.82) is 0 Å². The molecule has 3 heterocycles. The van der Waals surface area contributed by atoms with Gasteiger partial charge in [-0.2, -0.15) is 0 Å². The van der Waals surface area contributed by atoms with Gasteiger partial charge in [0, 0.05) is 51.1 Å². The third kappa shape index (κ3) is 3.98. The monoisotopic (exact) mass is 442 g/mol. The van der Waals surface area contributed by atoms with Crippen LogP contribution in [0.5, 0.6) is 0 Å². The Morgan fingerprint density at radius 2 is 1.93 bits per heavy atom. The lowest BCUT2D eigenvalue weighted by atomic mass is 10.0. The molecule has 0 radical (unpaired) electrons. The Kier molecular flexibility index (Phi) is 5.11. The number of aliphatic hydroxyl groups is 1. The van der Waals surface area contributed by atoms with Crippen molar-refractivity contribution in [3.05, 3.63) is 87.2 Å². The molecule has 4 rings (SSSR count). The van der Waals surface area contributed by atoms with Crippen LogP contribution >= 0.6 is 27.5 Å². The highest BCUT2D eigenvalue weighted by molar-refractivity contribution is 9.10. The number of aromatic nitrogens is 3. The Balaban J connectivity index is 1.49. The molecule has 0 saturated heterocycles. The number of nitrogens with one attached hydrogen (secondary N) is 2. The zero-order valence-electron chi connectivity index (χ0n) is 14.2. The molecule has 136 valence electrons. The zero-order chi connectivity index (χ0) is 18.8. The number of H-pyrrole nitrogens is 1. The van der Waals surface area contributed by atoms with Gasteiger partial charge in [0.1, 0.15) is 17.6 Å². The molecule has 0 spiro atoms. The Labute approximate surface area is 169 Å². The summed E-state index contributed by atoms with van der Waals surface area (Å²) >= 11 is 9.32. The molecule has 4 aromatic rings. The fourth-order valence-corrected chi connectivity index (χ4v) is 3.33. The lowest BCUT2D eigenvalue weighted by Gasteiger charge is -2.11. The van der Waals surface area contributed by atoms with Crippen LogP contribution in [0.3, 0.4) is 0 Å². The number of halogens is 2. The second kappa shape index (κ2) is 7.68. The van der Waals surface area contributed by atoms with E-state index in [0.29, 0.717) is 12.1 Å². The van der Waals surface area contributed by atoms with E-state index < -0.39 is 6.10 Å². The van der Waals surface area contributed by atoms with Gasteiger partial charge in [0.05, 0.1) is 0 Å². The van der Waals surface area contributed by atoms with Crippen LogP contribution in [0.1, 0.15) is 22.8 Å². The van der Waals surface area contributed by atoms with E-state index in [9.17, 15) is 5.11 Å². The number of nitrogens with zero attached hydrogens (tertiary/aromatic N) is 2. The summed E-state index contributed by atoms with van der Waals surface area (Å²) in [7, 11) is 0. The smallest absolute Gasteiger partial charge is 0.137 e. The number of benzene rings is 1. The van der Waals surface area contributed by atoms with E-state index in [0.717, 1.165) is 37.5 Å². The van der Waals surface area contributed by atoms with Crippen LogP contribution in [0, 0.1) is 0 Å². The normalized spacial score (nSPS) is 12.3. The molecule has 27 heavy (non-hydrogen) atoms. The van der Waals surface area contributed by atoms with E-state index in [4.69, 9.17) is 11.6 Å². The fourth-order valence-electron chi connectivity index (χ4n) is 2.87. The van der Waals surface area contributed by atoms with E-state index in [2.05, 4.69) is 36.2 Å². The van der Waals surface area contributed by atoms with Crippen LogP contribution < -0.4 is 5.32 Å². The van der Waals surface area contributed by atoms with Crippen molar-refractivity contribution in [2.24, 2.45) is 0 Å². The Morgan fingerprint density at radius 3 is 2.67 bits per heavy atom. The van der Waals surface area contributed by atoms with Crippen LogP contribution in [-0.2, 0) is 6.54 Å². The summed E-state index contributed by atoms with van der Waals surface area (Å²) in [5, 5.41) is 15.6. The van der Waals surface area contributed by atoms with Gasteiger partial charge in [-0.3, -0.25) is 0 Å². The SMILES string of the molecule is OC(c1ccc(NCc2ccc(Cl)cc2)nc1)c1c[nH]c2ncc(Br)cc12. The minimum absolute atomic E-state index is 0.647. The summed E-state index contributed by atoms with van der Waals surface area (Å²) in [6.07, 6.45) is 4.39. The first kappa shape index (κ1) is 18.0. The molecule has 0 aliphatic carbocycles. The third-order valence-corrected chi connectivity index (χ3v) is 5.00. The van der Waals surface area contributed by atoms with Crippen molar-refractivity contribution < 1.29 is 5.11 Å². The molecule has 1 atom stereocenters. The quantitative estimate of drug-likeness (QED) is 0.403. The average molecular weight is 444 g/mol.